The van der Waals surface area contributed by atoms with Gasteiger partial charge in [0.15, 0.2) is 0 Å². The molecular weight excluding hydrogens is 285 g/mol. The average molecular weight is 296 g/mol. The normalized spacial score (nSPS) is 11.6. The molecule has 0 fully saturated rings. The largest absolute Gasteiger partial charge is 0.508 e. The van der Waals surface area contributed by atoms with E-state index in [-0.39, 0.29) is 11.5 Å². The van der Waals surface area contributed by atoms with E-state index in [9.17, 15) is 10.2 Å². The third-order valence-corrected chi connectivity index (χ3v) is 3.12. The van der Waals surface area contributed by atoms with Gasteiger partial charge in [0, 0.05) is 16.3 Å². The molecule has 0 heterocycles. The van der Waals surface area contributed by atoms with Gasteiger partial charge >= 0.3 is 0 Å². The molecule has 2 aromatic rings. The van der Waals surface area contributed by atoms with E-state index in [0.717, 1.165) is 0 Å². The van der Waals surface area contributed by atoms with Crippen molar-refractivity contribution >= 4 is 34.6 Å². The van der Waals surface area contributed by atoms with Gasteiger partial charge < -0.3 is 10.2 Å². The van der Waals surface area contributed by atoms with Gasteiger partial charge in [-0.25, -0.2) is 0 Å². The summed E-state index contributed by atoms with van der Waals surface area (Å²) < 4.78 is 0. The van der Waals surface area contributed by atoms with E-state index in [1.165, 1.54) is 18.2 Å². The van der Waals surface area contributed by atoms with Crippen LogP contribution in [0.5, 0.6) is 11.5 Å². The van der Waals surface area contributed by atoms with E-state index >= 15 is 0 Å². The summed E-state index contributed by atoms with van der Waals surface area (Å²) >= 11 is 11.9. The molecule has 0 saturated heterocycles. The third-order valence-electron chi connectivity index (χ3n) is 2.57. The summed E-state index contributed by atoms with van der Waals surface area (Å²) in [6, 6.07) is 9.20. The Morgan fingerprint density at radius 3 is 2.53 bits per heavy atom. The van der Waals surface area contributed by atoms with Crippen LogP contribution in [0.1, 0.15) is 12.5 Å². The first-order valence-electron chi connectivity index (χ1n) is 5.50. The van der Waals surface area contributed by atoms with Crippen LogP contribution in [0.2, 0.25) is 10.0 Å². The van der Waals surface area contributed by atoms with Crippen molar-refractivity contribution in [1.82, 2.24) is 0 Å². The molecular formula is C14H11Cl2NO2. The van der Waals surface area contributed by atoms with Gasteiger partial charge in [-0.3, -0.25) is 4.99 Å². The first-order valence-corrected chi connectivity index (χ1v) is 6.25. The molecule has 0 saturated carbocycles. The number of hydrogen-bond acceptors (Lipinski definition) is 3. The van der Waals surface area contributed by atoms with Crippen LogP contribution in [0.25, 0.3) is 0 Å². The van der Waals surface area contributed by atoms with Gasteiger partial charge in [0.25, 0.3) is 0 Å². The highest BCUT2D eigenvalue weighted by atomic mass is 35.5. The molecule has 5 heteroatoms. The lowest BCUT2D eigenvalue weighted by atomic mass is 10.1. The molecule has 0 aliphatic heterocycles. The van der Waals surface area contributed by atoms with Crippen LogP contribution in [0, 0.1) is 0 Å². The highest BCUT2D eigenvalue weighted by Gasteiger charge is 2.07. The Labute approximate surface area is 120 Å². The third kappa shape index (κ3) is 3.19. The van der Waals surface area contributed by atoms with Crippen LogP contribution in [0.3, 0.4) is 0 Å². The van der Waals surface area contributed by atoms with E-state index in [1.807, 2.05) is 0 Å². The minimum absolute atomic E-state index is 0.0391. The quantitative estimate of drug-likeness (QED) is 0.631. The highest BCUT2D eigenvalue weighted by molar-refractivity contribution is 6.35. The van der Waals surface area contributed by atoms with Crippen LogP contribution in [-0.2, 0) is 0 Å². The highest BCUT2D eigenvalue weighted by Crippen LogP contribution is 2.30. The number of rotatable bonds is 2. The van der Waals surface area contributed by atoms with Crippen molar-refractivity contribution in [3.8, 4) is 11.5 Å². The zero-order valence-electron chi connectivity index (χ0n) is 10.1. The van der Waals surface area contributed by atoms with E-state index in [2.05, 4.69) is 4.99 Å². The van der Waals surface area contributed by atoms with Gasteiger partial charge in [-0.1, -0.05) is 23.2 Å². The Morgan fingerprint density at radius 1 is 1.05 bits per heavy atom. The fourth-order valence-electron chi connectivity index (χ4n) is 1.63. The number of phenolic OH excluding ortho intramolecular Hbond substituents is 2. The molecule has 0 aromatic heterocycles. The van der Waals surface area contributed by atoms with Crippen LogP contribution in [0.4, 0.5) is 5.69 Å². The van der Waals surface area contributed by atoms with Crippen molar-refractivity contribution < 1.29 is 10.2 Å². The number of nitrogens with zero attached hydrogens (tertiary/aromatic N) is 1. The fourth-order valence-corrected chi connectivity index (χ4v) is 1.95. The molecule has 2 N–H and O–H groups in total. The van der Waals surface area contributed by atoms with Gasteiger partial charge in [-0.2, -0.15) is 0 Å². The summed E-state index contributed by atoms with van der Waals surface area (Å²) in [5.41, 5.74) is 1.48. The van der Waals surface area contributed by atoms with Gasteiger partial charge in [0.1, 0.15) is 11.5 Å². The van der Waals surface area contributed by atoms with Crippen molar-refractivity contribution in [2.24, 2.45) is 4.99 Å². The second-order valence-electron chi connectivity index (χ2n) is 3.99. The Morgan fingerprint density at radius 2 is 1.79 bits per heavy atom. The number of aromatic hydroxyl groups is 2. The summed E-state index contributed by atoms with van der Waals surface area (Å²) in [5, 5.41) is 20.2. The molecule has 0 atom stereocenters. The minimum atomic E-state index is 0.0391. The monoisotopic (exact) mass is 295 g/mol. The Kier molecular flexibility index (Phi) is 3.98. The van der Waals surface area contributed by atoms with Gasteiger partial charge in [-0.05, 0) is 43.3 Å². The van der Waals surface area contributed by atoms with Crippen molar-refractivity contribution in [2.45, 2.75) is 6.92 Å². The summed E-state index contributed by atoms with van der Waals surface area (Å²) in [7, 11) is 0. The van der Waals surface area contributed by atoms with Crippen LogP contribution >= 0.6 is 23.2 Å². The molecule has 3 nitrogen and oxygen atoms in total. The lowest BCUT2D eigenvalue weighted by Crippen LogP contribution is -1.94. The van der Waals surface area contributed by atoms with Crippen molar-refractivity contribution in [1.29, 1.82) is 0 Å². The molecule has 0 amide bonds. The first kappa shape index (κ1) is 13.7. The van der Waals surface area contributed by atoms with Crippen molar-refractivity contribution in [3.63, 3.8) is 0 Å². The minimum Gasteiger partial charge on any atom is -0.508 e. The maximum absolute atomic E-state index is 9.76. The predicted molar refractivity (Wildman–Crippen MR) is 78.1 cm³/mol. The standard InChI is InChI=1S/C14H11Cl2NO2/c1-8(11-7-10(18)3-5-14(11)19)17-13-6-9(15)2-4-12(13)16/h2-7,18-19H,1H3. The Hall–Kier alpha value is -1.71. The predicted octanol–water partition coefficient (Wildman–Crippen LogP) is 4.55. The second kappa shape index (κ2) is 5.51. The lowest BCUT2D eigenvalue weighted by molar-refractivity contribution is 0.459. The molecule has 19 heavy (non-hydrogen) atoms. The Bertz CT molecular complexity index is 654. The van der Waals surface area contributed by atoms with Crippen LogP contribution in [0.15, 0.2) is 41.4 Å². The number of phenols is 2. The maximum atomic E-state index is 9.76. The van der Waals surface area contributed by atoms with Crippen molar-refractivity contribution in [3.05, 3.63) is 52.0 Å². The van der Waals surface area contributed by atoms with Crippen LogP contribution in [-0.4, -0.2) is 15.9 Å². The lowest BCUT2D eigenvalue weighted by Gasteiger charge is -2.06. The van der Waals surface area contributed by atoms with Gasteiger partial charge in [0.2, 0.25) is 0 Å². The molecule has 98 valence electrons. The molecule has 0 bridgehead atoms. The zero-order chi connectivity index (χ0) is 14.0. The van der Waals surface area contributed by atoms with E-state index < -0.39 is 0 Å². The number of halogens is 2. The first-order chi connectivity index (χ1) is 8.97. The summed E-state index contributed by atoms with van der Waals surface area (Å²) in [4.78, 5) is 4.32. The molecule has 0 aliphatic rings. The summed E-state index contributed by atoms with van der Waals surface area (Å²) in [6.07, 6.45) is 0. The zero-order valence-corrected chi connectivity index (χ0v) is 11.6. The van der Waals surface area contributed by atoms with E-state index in [1.54, 1.807) is 25.1 Å². The fraction of sp³-hybridized carbons (Fsp3) is 0.0714. The van der Waals surface area contributed by atoms with E-state index in [4.69, 9.17) is 23.2 Å². The molecule has 0 unspecified atom stereocenters. The summed E-state index contributed by atoms with van der Waals surface area (Å²) in [5.74, 6) is 0.0942. The second-order valence-corrected chi connectivity index (χ2v) is 4.84. The summed E-state index contributed by atoms with van der Waals surface area (Å²) in [6.45, 7) is 1.71. The molecule has 2 aromatic carbocycles. The van der Waals surface area contributed by atoms with E-state index in [0.29, 0.717) is 27.0 Å². The molecule has 0 radical (unpaired) electrons. The SMILES string of the molecule is CC(=Nc1cc(Cl)ccc1Cl)c1cc(O)ccc1O. The molecule has 2 rings (SSSR count). The Balaban J connectivity index is 2.48. The van der Waals surface area contributed by atoms with Gasteiger partial charge in [-0.15, -0.1) is 0 Å². The van der Waals surface area contributed by atoms with Crippen LogP contribution < -0.4 is 0 Å². The number of aliphatic imine (C=N–C) groups is 1. The van der Waals surface area contributed by atoms with Gasteiger partial charge in [0.05, 0.1) is 10.7 Å². The number of hydrogen-bond donors (Lipinski definition) is 2. The molecule has 0 spiro atoms. The topological polar surface area (TPSA) is 52.8 Å². The average Bonchev–Trinajstić information content (AvgIpc) is 2.36. The number of benzene rings is 2. The smallest absolute Gasteiger partial charge is 0.124 e. The van der Waals surface area contributed by atoms with Crippen molar-refractivity contribution in [2.75, 3.05) is 0 Å². The molecule has 0 aliphatic carbocycles. The maximum Gasteiger partial charge on any atom is 0.124 e.